The van der Waals surface area contributed by atoms with Gasteiger partial charge in [-0.1, -0.05) is 6.92 Å². The van der Waals surface area contributed by atoms with Gasteiger partial charge < -0.3 is 38.7 Å². The minimum absolute atomic E-state index is 0.0706. The van der Waals surface area contributed by atoms with Gasteiger partial charge in [0.2, 0.25) is 0 Å². The van der Waals surface area contributed by atoms with E-state index in [1.54, 1.807) is 13.2 Å². The van der Waals surface area contributed by atoms with Gasteiger partial charge in [-0.25, -0.2) is 4.79 Å². The van der Waals surface area contributed by atoms with Crippen molar-refractivity contribution >= 4 is 18.2 Å². The van der Waals surface area contributed by atoms with Crippen LogP contribution in [-0.2, 0) is 38.1 Å². The maximum Gasteiger partial charge on any atom is 0.331 e. The van der Waals surface area contributed by atoms with Gasteiger partial charge in [0.05, 0.1) is 28.8 Å². The number of hydrogen-bond acceptors (Lipinski definition) is 10. The van der Waals surface area contributed by atoms with E-state index in [9.17, 15) is 24.6 Å². The van der Waals surface area contributed by atoms with Crippen LogP contribution in [0.15, 0.2) is 11.6 Å². The average Bonchev–Trinajstić information content (AvgIpc) is 3.48. The Hall–Kier alpha value is -1.85. The molecule has 4 aliphatic carbocycles. The fraction of sp³-hybridized carbons (Fsp3) is 0.844. The van der Waals surface area contributed by atoms with Crippen LogP contribution in [0.2, 0.25) is 0 Å². The van der Waals surface area contributed by atoms with Crippen molar-refractivity contribution in [2.75, 3.05) is 13.7 Å². The number of methoxy groups -OCH3 is 1. The molecule has 2 heterocycles. The maximum atomic E-state index is 13.1. The molecule has 10 nitrogen and oxygen atoms in total. The first kappa shape index (κ1) is 30.2. The summed E-state index contributed by atoms with van der Waals surface area (Å²) in [4.78, 5) is 36.5. The lowest BCUT2D eigenvalue weighted by atomic mass is 9.41. The number of esters is 2. The first-order chi connectivity index (χ1) is 19.9. The number of aldehydes is 1. The summed E-state index contributed by atoms with van der Waals surface area (Å²) in [6.45, 7) is 5.63. The van der Waals surface area contributed by atoms with Gasteiger partial charge in [-0.3, -0.25) is 4.79 Å². The van der Waals surface area contributed by atoms with Crippen molar-refractivity contribution in [1.29, 1.82) is 0 Å². The lowest BCUT2D eigenvalue weighted by Crippen LogP contribution is -2.69. The number of ether oxygens (including phenoxy) is 5. The van der Waals surface area contributed by atoms with Gasteiger partial charge in [0.25, 0.3) is 0 Å². The van der Waals surface area contributed by atoms with Crippen LogP contribution in [0.5, 0.6) is 0 Å². The van der Waals surface area contributed by atoms with Crippen LogP contribution in [0.3, 0.4) is 0 Å². The Morgan fingerprint density at radius 1 is 1.10 bits per heavy atom. The second-order valence-electron chi connectivity index (χ2n) is 14.1. The summed E-state index contributed by atoms with van der Waals surface area (Å²) in [5, 5.41) is 24.7. The summed E-state index contributed by atoms with van der Waals surface area (Å²) in [5.41, 5.74) is -2.60. The van der Waals surface area contributed by atoms with Gasteiger partial charge in [0.1, 0.15) is 19.0 Å². The lowest BCUT2D eigenvalue weighted by molar-refractivity contribution is -0.289. The summed E-state index contributed by atoms with van der Waals surface area (Å²) >= 11 is 0. The summed E-state index contributed by atoms with van der Waals surface area (Å²) < 4.78 is 28.7. The van der Waals surface area contributed by atoms with Crippen molar-refractivity contribution in [2.24, 2.45) is 28.6 Å². The third-order valence-electron chi connectivity index (χ3n) is 12.4. The van der Waals surface area contributed by atoms with E-state index in [-0.39, 0.29) is 35.9 Å². The van der Waals surface area contributed by atoms with Gasteiger partial charge in [-0.05, 0) is 81.6 Å². The number of carbonyl (C=O) groups excluding carboxylic acids is 3. The van der Waals surface area contributed by atoms with E-state index < -0.39 is 46.5 Å². The smallest absolute Gasteiger partial charge is 0.331 e. The predicted octanol–water partition coefficient (Wildman–Crippen LogP) is 3.00. The van der Waals surface area contributed by atoms with Crippen LogP contribution in [0, 0.1) is 28.6 Å². The molecule has 234 valence electrons. The zero-order chi connectivity index (χ0) is 30.1. The molecule has 4 saturated carbocycles. The van der Waals surface area contributed by atoms with Crippen LogP contribution in [0.1, 0.15) is 85.0 Å². The first-order valence-corrected chi connectivity index (χ1v) is 15.7. The Balaban J connectivity index is 1.18. The Bertz CT molecular complexity index is 1140. The first-order valence-electron chi connectivity index (χ1n) is 15.7. The molecule has 0 spiro atoms. The molecular formula is C32H46O10. The van der Waals surface area contributed by atoms with Crippen molar-refractivity contribution < 1.29 is 48.3 Å². The zero-order valence-corrected chi connectivity index (χ0v) is 25.2. The molecule has 5 fully saturated rings. The fourth-order valence-electron chi connectivity index (χ4n) is 10.3. The van der Waals surface area contributed by atoms with Crippen molar-refractivity contribution in [3.63, 3.8) is 0 Å². The molecular weight excluding hydrogens is 544 g/mol. The zero-order valence-electron chi connectivity index (χ0n) is 25.2. The number of rotatable bonds is 6. The molecule has 6 aliphatic rings. The average molecular weight is 591 g/mol. The molecule has 0 unspecified atom stereocenters. The van der Waals surface area contributed by atoms with Gasteiger partial charge in [-0.15, -0.1) is 0 Å². The molecule has 1 saturated heterocycles. The Kier molecular flexibility index (Phi) is 7.65. The minimum atomic E-state index is -1.24. The second-order valence-corrected chi connectivity index (χ2v) is 14.1. The quantitative estimate of drug-likeness (QED) is 0.270. The Labute approximate surface area is 247 Å². The number of fused-ring (bicyclic) bond motifs is 5. The van der Waals surface area contributed by atoms with E-state index in [1.807, 2.05) is 6.92 Å². The van der Waals surface area contributed by atoms with E-state index in [4.69, 9.17) is 23.7 Å². The highest BCUT2D eigenvalue weighted by molar-refractivity contribution is 5.85. The highest BCUT2D eigenvalue weighted by atomic mass is 16.7. The van der Waals surface area contributed by atoms with Crippen LogP contribution in [0.4, 0.5) is 0 Å². The van der Waals surface area contributed by atoms with Gasteiger partial charge in [-0.2, -0.15) is 0 Å². The Morgan fingerprint density at radius 3 is 2.52 bits per heavy atom. The summed E-state index contributed by atoms with van der Waals surface area (Å²) in [7, 11) is 1.57. The SMILES string of the molecule is CO[C@H]1C[C@H](O[C@H]2CC[C@]3(C=O)[C@H]4CC[C@]5(C)[C@@H](C6=CC(=O)OC6)CC[C@]5(O)[C@@H]4CC[C@]3(O)C2)O[C@H](C)[C@H]1OC(C)=O. The Morgan fingerprint density at radius 2 is 1.86 bits per heavy atom. The molecule has 12 atom stereocenters. The van der Waals surface area contributed by atoms with Gasteiger partial charge >= 0.3 is 11.9 Å². The van der Waals surface area contributed by atoms with Crippen molar-refractivity contribution in [1.82, 2.24) is 0 Å². The van der Waals surface area contributed by atoms with Crippen LogP contribution in [0.25, 0.3) is 0 Å². The molecule has 0 aromatic rings. The molecule has 0 bridgehead atoms. The third kappa shape index (κ3) is 4.42. The highest BCUT2D eigenvalue weighted by Crippen LogP contribution is 2.70. The standard InChI is InChI=1S/C32H46O10/c1-18-28(41-19(2)34)25(38-4)14-27(40-18)42-21-5-10-30(17-33)23-6-9-29(3)22(20-13-26(35)39-16-20)8-12-32(29,37)24(23)7-11-31(30,36)15-21/h13,17-18,21-25,27-28,36-37H,5-12,14-16H2,1-4H3/t18-,21+,22-,23+,24-,25+,27+,28-,29-,30+,31+,32+/m1/s1. The van der Waals surface area contributed by atoms with E-state index in [0.29, 0.717) is 51.6 Å². The molecule has 6 rings (SSSR count). The van der Waals surface area contributed by atoms with Crippen molar-refractivity contribution in [3.8, 4) is 0 Å². The number of hydrogen-bond donors (Lipinski definition) is 2. The molecule has 0 aromatic carbocycles. The summed E-state index contributed by atoms with van der Waals surface area (Å²) in [5.74, 6) is -0.871. The molecule has 0 amide bonds. The predicted molar refractivity (Wildman–Crippen MR) is 148 cm³/mol. The molecule has 0 aromatic heterocycles. The number of cyclic esters (lactones) is 1. The lowest BCUT2D eigenvalue weighted by Gasteiger charge is -2.65. The largest absolute Gasteiger partial charge is 0.458 e. The molecule has 0 radical (unpaired) electrons. The molecule has 2 N–H and O–H groups in total. The van der Waals surface area contributed by atoms with E-state index in [0.717, 1.165) is 31.1 Å². The minimum Gasteiger partial charge on any atom is -0.458 e. The summed E-state index contributed by atoms with van der Waals surface area (Å²) in [6.07, 6.45) is 6.06. The van der Waals surface area contributed by atoms with Crippen LogP contribution < -0.4 is 0 Å². The molecule has 42 heavy (non-hydrogen) atoms. The third-order valence-corrected chi connectivity index (χ3v) is 12.4. The van der Waals surface area contributed by atoms with Crippen LogP contribution in [-0.4, -0.2) is 84.1 Å². The van der Waals surface area contributed by atoms with E-state index in [2.05, 4.69) is 6.92 Å². The van der Waals surface area contributed by atoms with Gasteiger partial charge in [0.15, 0.2) is 12.4 Å². The number of aliphatic hydroxyl groups is 2. The second kappa shape index (κ2) is 10.6. The normalized spacial score (nSPS) is 50.1. The van der Waals surface area contributed by atoms with Crippen molar-refractivity contribution in [2.45, 2.75) is 127 Å². The van der Waals surface area contributed by atoms with Crippen molar-refractivity contribution in [3.05, 3.63) is 11.6 Å². The van der Waals surface area contributed by atoms with E-state index >= 15 is 0 Å². The van der Waals surface area contributed by atoms with Gasteiger partial charge in [0, 0.05) is 38.4 Å². The van der Waals surface area contributed by atoms with Crippen LogP contribution >= 0.6 is 0 Å². The maximum absolute atomic E-state index is 13.1. The highest BCUT2D eigenvalue weighted by Gasteiger charge is 2.71. The molecule has 2 aliphatic heterocycles. The number of carbonyl (C=O) groups is 3. The molecule has 10 heteroatoms. The fourth-order valence-corrected chi connectivity index (χ4v) is 10.3. The van der Waals surface area contributed by atoms with E-state index in [1.165, 1.54) is 6.92 Å². The summed E-state index contributed by atoms with van der Waals surface area (Å²) in [6, 6.07) is 0. The monoisotopic (exact) mass is 590 g/mol. The topological polar surface area (TPSA) is 138 Å².